The number of hydrogen-bond acceptors (Lipinski definition) is 5. The van der Waals surface area contributed by atoms with Crippen molar-refractivity contribution in [2.45, 2.75) is 18.4 Å². The molecule has 1 heterocycles. The summed E-state index contributed by atoms with van der Waals surface area (Å²) < 4.78 is 6.62. The number of ether oxygens (including phenoxy) is 1. The molecule has 1 aliphatic heterocycles. The van der Waals surface area contributed by atoms with Crippen LogP contribution < -0.4 is 4.74 Å². The molecule has 4 aliphatic rings. The van der Waals surface area contributed by atoms with Crippen molar-refractivity contribution in [3.05, 3.63) is 134 Å². The lowest BCUT2D eigenvalue weighted by Crippen LogP contribution is -2.41. The molecule has 0 saturated carbocycles. The first kappa shape index (κ1) is 24.5. The number of hydrazone groups is 1. The maximum absolute atomic E-state index is 13.7. The summed E-state index contributed by atoms with van der Waals surface area (Å²) in [6.45, 7) is 0.252. The van der Waals surface area contributed by atoms with E-state index in [-0.39, 0.29) is 30.3 Å². The van der Waals surface area contributed by atoms with Gasteiger partial charge in [-0.1, -0.05) is 66.7 Å². The number of carbonyl (C=O) groups excluding carboxylic acids is 2. The van der Waals surface area contributed by atoms with Crippen LogP contribution in [-0.4, -0.2) is 23.0 Å². The molecule has 1 fully saturated rings. The standard InChI is InChI=1S/C33H22BrN3O3/c34-26-15-19(13-14-27(26)40-18-21-8-2-1-7-20(21)16-35)17-36-37-32(38)30-28-22-9-3-4-10-23(22)29(31(30)33(37)39)25-12-6-5-11-24(25)28/h1-15,17,28-31H,18H2/b36-17-/t28?,29?,30-,31-/m1/s1. The molecule has 0 radical (unpaired) electrons. The molecule has 0 N–H and O–H groups in total. The fourth-order valence-electron chi connectivity index (χ4n) is 6.52. The maximum Gasteiger partial charge on any atom is 0.254 e. The monoisotopic (exact) mass is 587 g/mol. The Bertz CT molecular complexity index is 1660. The molecule has 6 nitrogen and oxygen atoms in total. The number of rotatable bonds is 5. The van der Waals surface area contributed by atoms with Crippen LogP contribution in [0.15, 0.2) is 101 Å². The van der Waals surface area contributed by atoms with Gasteiger partial charge < -0.3 is 4.74 Å². The van der Waals surface area contributed by atoms with Gasteiger partial charge in [0.2, 0.25) is 0 Å². The normalized spacial score (nSPS) is 22.1. The van der Waals surface area contributed by atoms with E-state index in [1.807, 2.05) is 54.6 Å². The second-order valence-corrected chi connectivity index (χ2v) is 11.1. The predicted octanol–water partition coefficient (Wildman–Crippen LogP) is 6.13. The molecule has 4 aromatic rings. The van der Waals surface area contributed by atoms with Crippen LogP contribution >= 0.6 is 15.9 Å². The van der Waals surface area contributed by atoms with E-state index < -0.39 is 11.8 Å². The fourth-order valence-corrected chi connectivity index (χ4v) is 7.04. The molecule has 1 saturated heterocycles. The number of hydrogen-bond donors (Lipinski definition) is 0. The van der Waals surface area contributed by atoms with Crippen LogP contribution in [0.1, 0.15) is 50.8 Å². The van der Waals surface area contributed by atoms with E-state index in [4.69, 9.17) is 4.74 Å². The van der Waals surface area contributed by atoms with E-state index in [9.17, 15) is 14.9 Å². The Labute approximate surface area is 239 Å². The van der Waals surface area contributed by atoms with E-state index in [1.54, 1.807) is 12.1 Å². The number of nitrogens with zero attached hydrogens (tertiary/aromatic N) is 3. The highest BCUT2D eigenvalue weighted by Gasteiger charge is 2.61. The third-order valence-electron chi connectivity index (χ3n) is 8.22. The van der Waals surface area contributed by atoms with Gasteiger partial charge >= 0.3 is 0 Å². The van der Waals surface area contributed by atoms with Crippen molar-refractivity contribution in [2.75, 3.05) is 0 Å². The molecule has 2 amide bonds. The zero-order valence-electron chi connectivity index (χ0n) is 21.2. The molecule has 0 unspecified atom stereocenters. The van der Waals surface area contributed by atoms with Gasteiger partial charge in [-0.25, -0.2) is 0 Å². The van der Waals surface area contributed by atoms with E-state index in [2.05, 4.69) is 51.4 Å². The Balaban J connectivity index is 1.14. The largest absolute Gasteiger partial charge is 0.488 e. The van der Waals surface area contributed by atoms with Crippen LogP contribution in [0.25, 0.3) is 0 Å². The van der Waals surface area contributed by atoms with Gasteiger partial charge in [-0.2, -0.15) is 15.4 Å². The minimum atomic E-state index is -0.460. The Kier molecular flexibility index (Phi) is 5.87. The Hall–Kier alpha value is -4.54. The van der Waals surface area contributed by atoms with Gasteiger partial charge in [0.1, 0.15) is 12.4 Å². The molecule has 7 heteroatoms. The third-order valence-corrected chi connectivity index (χ3v) is 8.84. The maximum atomic E-state index is 13.7. The zero-order valence-corrected chi connectivity index (χ0v) is 22.8. The Morgan fingerprint density at radius 3 is 1.93 bits per heavy atom. The summed E-state index contributed by atoms with van der Waals surface area (Å²) in [6.07, 6.45) is 1.54. The van der Waals surface area contributed by atoms with Crippen LogP contribution in [0.4, 0.5) is 0 Å². The summed E-state index contributed by atoms with van der Waals surface area (Å²) in [5.74, 6) is -1.12. The molecular weight excluding hydrogens is 566 g/mol. The molecule has 3 aliphatic carbocycles. The first-order valence-corrected chi connectivity index (χ1v) is 13.9. The van der Waals surface area contributed by atoms with Crippen molar-refractivity contribution in [3.8, 4) is 11.8 Å². The van der Waals surface area contributed by atoms with Gasteiger partial charge in [0, 0.05) is 17.4 Å². The zero-order chi connectivity index (χ0) is 27.4. The molecule has 2 bridgehead atoms. The van der Waals surface area contributed by atoms with Crippen molar-refractivity contribution >= 4 is 34.0 Å². The van der Waals surface area contributed by atoms with Crippen LogP contribution in [0.3, 0.4) is 0 Å². The highest BCUT2D eigenvalue weighted by atomic mass is 79.9. The highest BCUT2D eigenvalue weighted by molar-refractivity contribution is 9.10. The Morgan fingerprint density at radius 1 is 0.825 bits per heavy atom. The number of amides is 2. The second kappa shape index (κ2) is 9.58. The molecule has 40 heavy (non-hydrogen) atoms. The fraction of sp³-hybridized carbons (Fsp3) is 0.152. The smallest absolute Gasteiger partial charge is 0.254 e. The molecule has 2 atom stereocenters. The first-order chi connectivity index (χ1) is 19.6. The van der Waals surface area contributed by atoms with Gasteiger partial charge in [0.25, 0.3) is 11.8 Å². The average Bonchev–Trinajstić information content (AvgIpc) is 3.25. The van der Waals surface area contributed by atoms with Gasteiger partial charge in [0.05, 0.1) is 34.2 Å². The van der Waals surface area contributed by atoms with Crippen LogP contribution in [-0.2, 0) is 16.2 Å². The molecule has 4 aromatic carbocycles. The third kappa shape index (κ3) is 3.71. The van der Waals surface area contributed by atoms with E-state index in [1.165, 1.54) is 6.21 Å². The molecule has 0 spiro atoms. The average molecular weight is 588 g/mol. The molecule has 194 valence electrons. The summed E-state index contributed by atoms with van der Waals surface area (Å²) >= 11 is 3.54. The van der Waals surface area contributed by atoms with Crippen molar-refractivity contribution in [3.63, 3.8) is 0 Å². The van der Waals surface area contributed by atoms with Crippen LogP contribution in [0.2, 0.25) is 0 Å². The number of carbonyl (C=O) groups is 2. The van der Waals surface area contributed by atoms with Gasteiger partial charge in [-0.05, 0) is 68.0 Å². The molecule has 0 aromatic heterocycles. The van der Waals surface area contributed by atoms with Crippen LogP contribution in [0.5, 0.6) is 5.75 Å². The van der Waals surface area contributed by atoms with E-state index in [0.29, 0.717) is 21.3 Å². The topological polar surface area (TPSA) is 82.8 Å². The number of imide groups is 1. The lowest BCUT2D eigenvalue weighted by molar-refractivity contribution is -0.139. The summed E-state index contributed by atoms with van der Waals surface area (Å²) in [6, 6.07) is 31.3. The van der Waals surface area contributed by atoms with E-state index in [0.717, 1.165) is 32.8 Å². The van der Waals surface area contributed by atoms with Gasteiger partial charge in [-0.3, -0.25) is 9.59 Å². The quantitative estimate of drug-likeness (QED) is 0.208. The number of halogens is 1. The van der Waals surface area contributed by atoms with Crippen LogP contribution in [0, 0.1) is 23.2 Å². The first-order valence-electron chi connectivity index (χ1n) is 13.1. The van der Waals surface area contributed by atoms with Crippen molar-refractivity contribution in [1.29, 1.82) is 5.26 Å². The van der Waals surface area contributed by atoms with Gasteiger partial charge in [-0.15, -0.1) is 0 Å². The summed E-state index contributed by atoms with van der Waals surface area (Å²) in [5.41, 5.74) is 6.62. The minimum absolute atomic E-state index is 0.157. The summed E-state index contributed by atoms with van der Waals surface area (Å²) in [7, 11) is 0. The lowest BCUT2D eigenvalue weighted by Gasteiger charge is -2.45. The SMILES string of the molecule is N#Cc1ccccc1COc1ccc(/C=N\N2C(=O)[C@@H]3C4c5ccccc5C(c5ccccc54)[C@H]3C2=O)cc1Br. The second-order valence-electron chi connectivity index (χ2n) is 10.2. The van der Waals surface area contributed by atoms with Crippen molar-refractivity contribution < 1.29 is 14.3 Å². The number of benzene rings is 4. The predicted molar refractivity (Wildman–Crippen MR) is 153 cm³/mol. The number of nitriles is 1. The van der Waals surface area contributed by atoms with Crippen molar-refractivity contribution in [2.24, 2.45) is 16.9 Å². The lowest BCUT2D eigenvalue weighted by atomic mass is 9.55. The van der Waals surface area contributed by atoms with E-state index >= 15 is 0 Å². The summed E-state index contributed by atoms with van der Waals surface area (Å²) in [4.78, 5) is 27.4. The van der Waals surface area contributed by atoms with Gasteiger partial charge in [0.15, 0.2) is 0 Å². The minimum Gasteiger partial charge on any atom is -0.488 e. The molecular formula is C33H22BrN3O3. The summed E-state index contributed by atoms with van der Waals surface area (Å²) in [5, 5.41) is 14.8. The highest BCUT2D eigenvalue weighted by Crippen LogP contribution is 2.60. The molecule has 8 rings (SSSR count). The van der Waals surface area contributed by atoms with Crippen molar-refractivity contribution in [1.82, 2.24) is 5.01 Å². The Morgan fingerprint density at radius 2 is 1.38 bits per heavy atom.